The van der Waals surface area contributed by atoms with Gasteiger partial charge in [-0.1, -0.05) is 24.3 Å². The fraction of sp³-hybridized carbons (Fsp3) is 0.167. The molecule has 1 amide bonds. The van der Waals surface area contributed by atoms with Crippen molar-refractivity contribution in [3.05, 3.63) is 40.4 Å². The molecule has 5 heteroatoms. The van der Waals surface area contributed by atoms with Crippen LogP contribution in [-0.4, -0.2) is 10.9 Å². The highest BCUT2D eigenvalue weighted by molar-refractivity contribution is 7.17. The third-order valence-corrected chi connectivity index (χ3v) is 3.70. The van der Waals surface area contributed by atoms with Crippen LogP contribution in [0.5, 0.6) is 0 Å². The zero-order chi connectivity index (χ0) is 12.4. The fourth-order valence-corrected chi connectivity index (χ4v) is 2.66. The second-order valence-corrected chi connectivity index (χ2v) is 4.72. The molecule has 1 aromatic heterocycles. The maximum Gasteiger partial charge on any atom is 0.277 e. The van der Waals surface area contributed by atoms with Crippen molar-refractivity contribution in [1.82, 2.24) is 10.4 Å². The van der Waals surface area contributed by atoms with Crippen LogP contribution in [0.3, 0.4) is 0 Å². The molecule has 17 heavy (non-hydrogen) atoms. The third kappa shape index (κ3) is 2.20. The Morgan fingerprint density at radius 3 is 2.71 bits per heavy atom. The average Bonchev–Trinajstić information content (AvgIpc) is 2.71. The molecule has 0 radical (unpaired) electrons. The van der Waals surface area contributed by atoms with E-state index in [0.717, 1.165) is 16.1 Å². The molecule has 0 unspecified atom stereocenters. The van der Waals surface area contributed by atoms with E-state index in [-0.39, 0.29) is 5.91 Å². The smallest absolute Gasteiger partial charge is 0.277 e. The van der Waals surface area contributed by atoms with Crippen LogP contribution in [0.4, 0.5) is 0 Å². The summed E-state index contributed by atoms with van der Waals surface area (Å²) in [5, 5.41) is 0.846. The Morgan fingerprint density at radius 1 is 1.35 bits per heavy atom. The molecule has 1 aromatic carbocycles. The molecule has 3 N–H and O–H groups in total. The Bertz CT molecular complexity index is 563. The molecule has 0 atom stereocenters. The molecule has 0 bridgehead atoms. The Kier molecular flexibility index (Phi) is 3.21. The summed E-state index contributed by atoms with van der Waals surface area (Å²) in [7, 11) is 0. The van der Waals surface area contributed by atoms with Gasteiger partial charge in [-0.25, -0.2) is 10.8 Å². The van der Waals surface area contributed by atoms with E-state index < -0.39 is 0 Å². The lowest BCUT2D eigenvalue weighted by Crippen LogP contribution is -2.29. The molecule has 2 rings (SSSR count). The predicted molar refractivity (Wildman–Crippen MR) is 68.7 cm³/mol. The Labute approximate surface area is 103 Å². The van der Waals surface area contributed by atoms with Crippen LogP contribution < -0.4 is 11.3 Å². The largest absolute Gasteiger partial charge is 0.289 e. The molecule has 0 aliphatic carbocycles. The van der Waals surface area contributed by atoms with Gasteiger partial charge < -0.3 is 0 Å². The lowest BCUT2D eigenvalue weighted by atomic mass is 10.1. The van der Waals surface area contributed by atoms with Gasteiger partial charge in [-0.15, -0.1) is 11.3 Å². The number of thiazole rings is 1. The molecule has 0 aliphatic heterocycles. The zero-order valence-corrected chi connectivity index (χ0v) is 10.5. The van der Waals surface area contributed by atoms with Crippen molar-refractivity contribution in [1.29, 1.82) is 0 Å². The van der Waals surface area contributed by atoms with Crippen LogP contribution in [-0.2, 0) is 0 Å². The van der Waals surface area contributed by atoms with Crippen LogP contribution in [0, 0.1) is 13.8 Å². The molecular formula is C12H13N3OS. The second kappa shape index (κ2) is 4.65. The molecule has 0 fully saturated rings. The molecule has 1 heterocycles. The van der Waals surface area contributed by atoms with Gasteiger partial charge in [0.15, 0.2) is 0 Å². The van der Waals surface area contributed by atoms with Crippen LogP contribution in [0.2, 0.25) is 0 Å². The molecule has 0 aliphatic rings. The first-order chi connectivity index (χ1) is 8.13. The van der Waals surface area contributed by atoms with E-state index in [2.05, 4.69) is 10.4 Å². The van der Waals surface area contributed by atoms with E-state index in [0.29, 0.717) is 10.6 Å². The molecule has 4 nitrogen and oxygen atoms in total. The van der Waals surface area contributed by atoms with Gasteiger partial charge in [-0.2, -0.15) is 0 Å². The number of nitrogens with one attached hydrogen (secondary N) is 1. The number of hydrogen-bond acceptors (Lipinski definition) is 4. The third-order valence-electron chi connectivity index (χ3n) is 2.51. The van der Waals surface area contributed by atoms with E-state index in [1.165, 1.54) is 11.3 Å². The van der Waals surface area contributed by atoms with Gasteiger partial charge in [-0.3, -0.25) is 10.2 Å². The number of hydrogen-bond donors (Lipinski definition) is 2. The summed E-state index contributed by atoms with van der Waals surface area (Å²) < 4.78 is 0. The number of nitrogens with two attached hydrogens (primary N) is 1. The Balaban J connectivity index is 2.49. The van der Waals surface area contributed by atoms with Crippen molar-refractivity contribution >= 4 is 17.2 Å². The lowest BCUT2D eigenvalue weighted by molar-refractivity contribution is 0.0957. The quantitative estimate of drug-likeness (QED) is 0.484. The van der Waals surface area contributed by atoms with Crippen LogP contribution in [0.15, 0.2) is 24.3 Å². The standard InChI is InChI=1S/C12H13N3OS/c1-7-5-3-4-6-9(7)12-14-8(2)10(17-12)11(16)15-13/h3-6H,13H2,1-2H3,(H,15,16). The van der Waals surface area contributed by atoms with Gasteiger partial charge in [0.2, 0.25) is 0 Å². The number of carbonyl (C=O) groups is 1. The normalized spacial score (nSPS) is 10.3. The molecule has 88 valence electrons. The van der Waals surface area contributed by atoms with E-state index in [1.807, 2.05) is 38.1 Å². The summed E-state index contributed by atoms with van der Waals surface area (Å²) in [5.41, 5.74) is 5.03. The molecule has 0 saturated heterocycles. The minimum Gasteiger partial charge on any atom is -0.289 e. The van der Waals surface area contributed by atoms with Gasteiger partial charge in [0.05, 0.1) is 5.69 Å². The van der Waals surface area contributed by atoms with Crippen LogP contribution in [0.1, 0.15) is 20.9 Å². The number of nitrogen functional groups attached to an aromatic ring is 1. The summed E-state index contributed by atoms with van der Waals surface area (Å²) in [6.07, 6.45) is 0. The SMILES string of the molecule is Cc1ccccc1-c1nc(C)c(C(=O)NN)s1. The molecule has 0 spiro atoms. The van der Waals surface area contributed by atoms with Crippen LogP contribution in [0.25, 0.3) is 10.6 Å². The van der Waals surface area contributed by atoms with Crippen molar-refractivity contribution in [3.63, 3.8) is 0 Å². The fourth-order valence-electron chi connectivity index (χ4n) is 1.60. The Hall–Kier alpha value is -1.72. The van der Waals surface area contributed by atoms with Gasteiger partial charge in [0.25, 0.3) is 5.91 Å². The van der Waals surface area contributed by atoms with E-state index >= 15 is 0 Å². The maximum absolute atomic E-state index is 11.5. The first-order valence-electron chi connectivity index (χ1n) is 5.18. The highest BCUT2D eigenvalue weighted by Gasteiger charge is 2.15. The summed E-state index contributed by atoms with van der Waals surface area (Å²) in [6.45, 7) is 3.83. The zero-order valence-electron chi connectivity index (χ0n) is 9.65. The minimum absolute atomic E-state index is 0.292. The number of carbonyl (C=O) groups excluding carboxylic acids is 1. The van der Waals surface area contributed by atoms with Gasteiger partial charge in [-0.05, 0) is 19.4 Å². The number of aryl methyl sites for hydroxylation is 2. The second-order valence-electron chi connectivity index (χ2n) is 3.72. The van der Waals surface area contributed by atoms with E-state index in [1.54, 1.807) is 0 Å². The summed E-state index contributed by atoms with van der Waals surface area (Å²) in [6, 6.07) is 7.96. The monoisotopic (exact) mass is 247 g/mol. The highest BCUT2D eigenvalue weighted by atomic mass is 32.1. The number of amides is 1. The predicted octanol–water partition coefficient (Wildman–Crippen LogP) is 2.03. The number of hydrazine groups is 1. The average molecular weight is 247 g/mol. The van der Waals surface area contributed by atoms with Gasteiger partial charge in [0, 0.05) is 5.56 Å². The summed E-state index contributed by atoms with van der Waals surface area (Å²) in [4.78, 5) is 16.5. The minimum atomic E-state index is -0.292. The molecule has 2 aromatic rings. The van der Waals surface area contributed by atoms with Crippen molar-refractivity contribution in [3.8, 4) is 10.6 Å². The van der Waals surface area contributed by atoms with Gasteiger partial charge >= 0.3 is 0 Å². The molecular weight excluding hydrogens is 234 g/mol. The summed E-state index contributed by atoms with van der Waals surface area (Å²) >= 11 is 1.36. The van der Waals surface area contributed by atoms with Gasteiger partial charge in [0.1, 0.15) is 9.88 Å². The maximum atomic E-state index is 11.5. The Morgan fingerprint density at radius 2 is 2.06 bits per heavy atom. The highest BCUT2D eigenvalue weighted by Crippen LogP contribution is 2.29. The molecule has 0 saturated carbocycles. The number of benzene rings is 1. The topological polar surface area (TPSA) is 68.0 Å². The van der Waals surface area contributed by atoms with E-state index in [4.69, 9.17) is 5.84 Å². The number of rotatable bonds is 2. The van der Waals surface area contributed by atoms with Crippen molar-refractivity contribution in [2.75, 3.05) is 0 Å². The first-order valence-corrected chi connectivity index (χ1v) is 5.99. The van der Waals surface area contributed by atoms with Crippen molar-refractivity contribution in [2.24, 2.45) is 5.84 Å². The van der Waals surface area contributed by atoms with Crippen molar-refractivity contribution in [2.45, 2.75) is 13.8 Å². The van der Waals surface area contributed by atoms with Crippen LogP contribution >= 0.6 is 11.3 Å². The number of aromatic nitrogens is 1. The summed E-state index contributed by atoms with van der Waals surface area (Å²) in [5.74, 6) is 4.84. The van der Waals surface area contributed by atoms with Crippen molar-refractivity contribution < 1.29 is 4.79 Å². The number of nitrogens with zero attached hydrogens (tertiary/aromatic N) is 1. The first kappa shape index (κ1) is 11.8. The van der Waals surface area contributed by atoms with E-state index in [9.17, 15) is 4.79 Å². The lowest BCUT2D eigenvalue weighted by Gasteiger charge is -1.99.